The van der Waals surface area contributed by atoms with Gasteiger partial charge in [0, 0.05) is 14.2 Å². The third-order valence-corrected chi connectivity index (χ3v) is 3.95. The Kier molecular flexibility index (Phi) is 6.56. The van der Waals surface area contributed by atoms with Crippen LogP contribution in [-0.2, 0) is 13.6 Å². The molecular weight excluding hydrogens is 190 g/mol. The number of nitrogens with one attached hydrogen (secondary N) is 1. The highest BCUT2D eigenvalue weighted by Crippen LogP contribution is 1.99. The summed E-state index contributed by atoms with van der Waals surface area (Å²) in [5.41, 5.74) is -0.0533. The molecule has 5 nitrogen and oxygen atoms in total. The van der Waals surface area contributed by atoms with E-state index < -0.39 is 15.4 Å². The molecule has 0 aliphatic carbocycles. The van der Waals surface area contributed by atoms with Crippen LogP contribution in [0, 0.1) is 0 Å². The van der Waals surface area contributed by atoms with Crippen molar-refractivity contribution in [3.63, 3.8) is 0 Å². The average molecular weight is 207 g/mol. The molecule has 0 aromatic rings. The Bertz CT molecular complexity index is 151. The van der Waals surface area contributed by atoms with Crippen molar-refractivity contribution in [3.05, 3.63) is 0 Å². The number of methoxy groups -OCH3 is 1. The van der Waals surface area contributed by atoms with Crippen molar-refractivity contribution in [1.29, 1.82) is 0 Å². The first-order valence-corrected chi connectivity index (χ1v) is 5.70. The SMILES string of the molecule is CCC(NC(=O)OC)[SiH](OC)OC. The maximum atomic E-state index is 10.9. The van der Waals surface area contributed by atoms with Gasteiger partial charge in [-0.25, -0.2) is 4.79 Å². The summed E-state index contributed by atoms with van der Waals surface area (Å²) in [6.45, 7) is 1.96. The van der Waals surface area contributed by atoms with Crippen LogP contribution >= 0.6 is 0 Å². The van der Waals surface area contributed by atoms with Gasteiger partial charge >= 0.3 is 15.4 Å². The van der Waals surface area contributed by atoms with Crippen molar-refractivity contribution in [2.75, 3.05) is 21.3 Å². The molecule has 0 aromatic heterocycles. The molecule has 0 aromatic carbocycles. The maximum Gasteiger partial charge on any atom is 0.406 e. The number of carbonyl (C=O) groups is 1. The van der Waals surface area contributed by atoms with Crippen LogP contribution < -0.4 is 5.32 Å². The molecule has 0 spiro atoms. The molecule has 0 aliphatic rings. The molecule has 6 heteroatoms. The van der Waals surface area contributed by atoms with E-state index in [1.165, 1.54) is 7.11 Å². The number of hydrogen-bond donors (Lipinski definition) is 1. The standard InChI is InChI=1S/C7H17NO4Si/c1-5-6(8-7(9)10-2)13(11-3)12-4/h6,13H,5H2,1-4H3,(H,8,9). The predicted molar refractivity (Wildman–Crippen MR) is 50.8 cm³/mol. The third-order valence-electron chi connectivity index (χ3n) is 1.72. The first-order chi connectivity index (χ1) is 6.19. The first-order valence-electron chi connectivity index (χ1n) is 4.09. The zero-order valence-electron chi connectivity index (χ0n) is 8.49. The van der Waals surface area contributed by atoms with Gasteiger partial charge in [-0.2, -0.15) is 0 Å². The van der Waals surface area contributed by atoms with Crippen LogP contribution in [0.5, 0.6) is 0 Å². The molecule has 1 unspecified atom stereocenters. The summed E-state index contributed by atoms with van der Waals surface area (Å²) in [5, 5.41) is 2.67. The number of amides is 1. The summed E-state index contributed by atoms with van der Waals surface area (Å²) in [4.78, 5) is 10.9. The fourth-order valence-corrected chi connectivity index (χ4v) is 2.50. The van der Waals surface area contributed by atoms with E-state index in [1.807, 2.05) is 6.92 Å². The quantitative estimate of drug-likeness (QED) is 0.653. The highest BCUT2D eigenvalue weighted by molar-refractivity contribution is 6.46. The lowest BCUT2D eigenvalue weighted by Crippen LogP contribution is -2.48. The molecule has 13 heavy (non-hydrogen) atoms. The molecule has 1 amide bonds. The van der Waals surface area contributed by atoms with Gasteiger partial charge in [0.15, 0.2) is 0 Å². The molecule has 1 atom stereocenters. The van der Waals surface area contributed by atoms with Gasteiger partial charge in [0.05, 0.1) is 12.8 Å². The van der Waals surface area contributed by atoms with Gasteiger partial charge in [0.2, 0.25) is 0 Å². The monoisotopic (exact) mass is 207 g/mol. The topological polar surface area (TPSA) is 56.8 Å². The molecule has 0 radical (unpaired) electrons. The van der Waals surface area contributed by atoms with Crippen LogP contribution in [0.1, 0.15) is 13.3 Å². The normalized spacial score (nSPS) is 12.7. The Balaban J connectivity index is 4.06. The summed E-state index contributed by atoms with van der Waals surface area (Å²) in [5.74, 6) is 0. The summed E-state index contributed by atoms with van der Waals surface area (Å²) < 4.78 is 14.8. The fraction of sp³-hybridized carbons (Fsp3) is 0.857. The predicted octanol–water partition coefficient (Wildman–Crippen LogP) is 0.173. The maximum absolute atomic E-state index is 10.9. The van der Waals surface area contributed by atoms with Crippen LogP contribution in [0.25, 0.3) is 0 Å². The summed E-state index contributed by atoms with van der Waals surface area (Å²) in [6, 6.07) is 0. The minimum absolute atomic E-state index is 0.0533. The van der Waals surface area contributed by atoms with E-state index in [9.17, 15) is 4.79 Å². The summed E-state index contributed by atoms with van der Waals surface area (Å²) in [6.07, 6.45) is 0.326. The van der Waals surface area contributed by atoms with E-state index >= 15 is 0 Å². The van der Waals surface area contributed by atoms with Gasteiger partial charge in [0.25, 0.3) is 0 Å². The second kappa shape index (κ2) is 6.87. The van der Waals surface area contributed by atoms with Gasteiger partial charge in [-0.15, -0.1) is 0 Å². The molecule has 0 bridgehead atoms. The Morgan fingerprint density at radius 2 is 1.92 bits per heavy atom. The highest BCUT2D eigenvalue weighted by Gasteiger charge is 2.24. The van der Waals surface area contributed by atoms with Crippen LogP contribution in [0.15, 0.2) is 0 Å². The Labute approximate surface area is 80.2 Å². The van der Waals surface area contributed by atoms with E-state index in [1.54, 1.807) is 14.2 Å². The molecule has 0 fully saturated rings. The van der Waals surface area contributed by atoms with Gasteiger partial charge < -0.3 is 18.9 Å². The van der Waals surface area contributed by atoms with Crippen LogP contribution in [0.3, 0.4) is 0 Å². The zero-order chi connectivity index (χ0) is 10.3. The molecule has 78 valence electrons. The fourth-order valence-electron chi connectivity index (χ4n) is 0.998. The zero-order valence-corrected chi connectivity index (χ0v) is 9.65. The van der Waals surface area contributed by atoms with Crippen molar-refractivity contribution in [2.24, 2.45) is 0 Å². The lowest BCUT2D eigenvalue weighted by Gasteiger charge is -2.21. The minimum Gasteiger partial charge on any atom is -0.453 e. The Hall–Kier alpha value is -0.593. The molecule has 1 N–H and O–H groups in total. The van der Waals surface area contributed by atoms with Gasteiger partial charge in [0.1, 0.15) is 0 Å². The van der Waals surface area contributed by atoms with Crippen molar-refractivity contribution >= 4 is 15.4 Å². The summed E-state index contributed by atoms with van der Waals surface area (Å²) >= 11 is 0. The van der Waals surface area contributed by atoms with Crippen molar-refractivity contribution < 1.29 is 18.4 Å². The highest BCUT2D eigenvalue weighted by atomic mass is 28.3. The van der Waals surface area contributed by atoms with Crippen LogP contribution in [0.4, 0.5) is 4.79 Å². The first kappa shape index (κ1) is 12.4. The second-order valence-electron chi connectivity index (χ2n) is 2.49. The van der Waals surface area contributed by atoms with Crippen LogP contribution in [0.2, 0.25) is 0 Å². The van der Waals surface area contributed by atoms with Gasteiger partial charge in [-0.3, -0.25) is 0 Å². The molecular formula is C7H17NO4Si. The molecule has 0 saturated carbocycles. The lowest BCUT2D eigenvalue weighted by molar-refractivity contribution is 0.165. The van der Waals surface area contributed by atoms with Crippen molar-refractivity contribution in [2.45, 2.75) is 19.0 Å². The second-order valence-corrected chi connectivity index (χ2v) is 4.97. The van der Waals surface area contributed by atoms with Gasteiger partial charge in [-0.05, 0) is 6.42 Å². The third kappa shape index (κ3) is 4.25. The molecule has 0 saturated heterocycles. The number of hydrogen-bond acceptors (Lipinski definition) is 4. The number of alkyl carbamates (subject to hydrolysis) is 1. The number of ether oxygens (including phenoxy) is 1. The van der Waals surface area contributed by atoms with Gasteiger partial charge in [-0.1, -0.05) is 6.92 Å². The van der Waals surface area contributed by atoms with Crippen LogP contribution in [-0.4, -0.2) is 42.4 Å². The van der Waals surface area contributed by atoms with E-state index in [-0.39, 0.29) is 5.67 Å². The minimum atomic E-state index is -1.79. The smallest absolute Gasteiger partial charge is 0.406 e. The van der Waals surface area contributed by atoms with E-state index in [2.05, 4.69) is 10.1 Å². The lowest BCUT2D eigenvalue weighted by atomic mass is 10.5. The largest absolute Gasteiger partial charge is 0.453 e. The van der Waals surface area contributed by atoms with Crippen molar-refractivity contribution in [1.82, 2.24) is 5.32 Å². The molecule has 0 heterocycles. The molecule has 0 aliphatic heterocycles. The number of rotatable bonds is 5. The Morgan fingerprint density at radius 3 is 2.23 bits per heavy atom. The number of carbonyl (C=O) groups excluding carboxylic acids is 1. The van der Waals surface area contributed by atoms with E-state index in [0.29, 0.717) is 0 Å². The van der Waals surface area contributed by atoms with E-state index in [4.69, 9.17) is 8.85 Å². The van der Waals surface area contributed by atoms with E-state index in [0.717, 1.165) is 6.42 Å². The van der Waals surface area contributed by atoms with Crippen molar-refractivity contribution in [3.8, 4) is 0 Å². The average Bonchev–Trinajstić information content (AvgIpc) is 2.17. The molecule has 0 rings (SSSR count). The summed E-state index contributed by atoms with van der Waals surface area (Å²) in [7, 11) is 2.71. The Morgan fingerprint density at radius 1 is 1.38 bits per heavy atom.